The highest BCUT2D eigenvalue weighted by Gasteiger charge is 2.29. The molecule has 1 aromatic heterocycles. The van der Waals surface area contributed by atoms with Crippen LogP contribution >= 0.6 is 11.6 Å². The first-order valence-electron chi connectivity index (χ1n) is 5.83. The van der Waals surface area contributed by atoms with Gasteiger partial charge in [-0.2, -0.15) is 0 Å². The van der Waals surface area contributed by atoms with Crippen molar-refractivity contribution in [2.24, 2.45) is 0 Å². The molecule has 4 heteroatoms. The van der Waals surface area contributed by atoms with Crippen LogP contribution in [0.1, 0.15) is 52.6 Å². The normalized spacial score (nSPS) is 15.7. The minimum Gasteiger partial charge on any atom is -0.371 e. The van der Waals surface area contributed by atoms with Crippen LogP contribution in [0.4, 0.5) is 0 Å². The highest BCUT2D eigenvalue weighted by molar-refractivity contribution is 6.29. The van der Waals surface area contributed by atoms with Crippen LogP contribution in [-0.4, -0.2) is 17.1 Å². The van der Waals surface area contributed by atoms with Crippen LogP contribution in [0, 0.1) is 0 Å². The highest BCUT2D eigenvalue weighted by atomic mass is 35.5. The molecular formula is C13H21ClN2O. The molecule has 1 heterocycles. The van der Waals surface area contributed by atoms with Gasteiger partial charge >= 0.3 is 0 Å². The summed E-state index contributed by atoms with van der Waals surface area (Å²) in [5.41, 5.74) is 0.401. The van der Waals surface area contributed by atoms with Gasteiger partial charge in [-0.3, -0.25) is 0 Å². The number of hydrogen-bond donors (Lipinski definition) is 0. The van der Waals surface area contributed by atoms with E-state index in [2.05, 4.69) is 30.7 Å². The van der Waals surface area contributed by atoms with Gasteiger partial charge in [0.15, 0.2) is 5.82 Å². The summed E-state index contributed by atoms with van der Waals surface area (Å²) in [4.78, 5) is 8.89. The summed E-state index contributed by atoms with van der Waals surface area (Å²) in [5, 5.41) is 0.469. The average molecular weight is 257 g/mol. The van der Waals surface area contributed by atoms with E-state index in [-0.39, 0.29) is 5.41 Å². The molecule has 0 aliphatic rings. The maximum absolute atomic E-state index is 6.07. The second-order valence-electron chi connectivity index (χ2n) is 5.44. The van der Waals surface area contributed by atoms with Crippen molar-refractivity contribution in [1.29, 1.82) is 0 Å². The Bertz CT molecular complexity index is 395. The van der Waals surface area contributed by atoms with Gasteiger partial charge in [-0.25, -0.2) is 9.97 Å². The van der Waals surface area contributed by atoms with Crippen LogP contribution in [0.25, 0.3) is 0 Å². The van der Waals surface area contributed by atoms with E-state index in [9.17, 15) is 0 Å². The van der Waals surface area contributed by atoms with Crippen molar-refractivity contribution < 1.29 is 4.74 Å². The van der Waals surface area contributed by atoms with Crippen LogP contribution in [0.3, 0.4) is 0 Å². The molecule has 0 fully saturated rings. The second-order valence-corrected chi connectivity index (χ2v) is 5.83. The number of aromatic nitrogens is 2. The van der Waals surface area contributed by atoms with Gasteiger partial charge in [0.2, 0.25) is 0 Å². The third-order valence-corrected chi connectivity index (χ3v) is 3.26. The van der Waals surface area contributed by atoms with Crippen molar-refractivity contribution in [3.63, 3.8) is 0 Å². The van der Waals surface area contributed by atoms with E-state index in [1.807, 2.05) is 19.9 Å². The maximum atomic E-state index is 6.07. The molecule has 0 N–H and O–H groups in total. The van der Waals surface area contributed by atoms with Gasteiger partial charge in [0.1, 0.15) is 10.8 Å². The van der Waals surface area contributed by atoms with E-state index in [1.54, 1.807) is 7.11 Å². The van der Waals surface area contributed by atoms with Crippen molar-refractivity contribution in [2.45, 2.75) is 52.1 Å². The first-order valence-corrected chi connectivity index (χ1v) is 6.21. The fourth-order valence-electron chi connectivity index (χ4n) is 1.43. The lowest BCUT2D eigenvalue weighted by Crippen LogP contribution is -2.28. The molecule has 0 bridgehead atoms. The number of hydrogen-bond acceptors (Lipinski definition) is 3. The van der Waals surface area contributed by atoms with Gasteiger partial charge in [-0.1, -0.05) is 39.3 Å². The summed E-state index contributed by atoms with van der Waals surface area (Å²) in [6.45, 7) is 10.3. The lowest BCUT2D eigenvalue weighted by atomic mass is 9.91. The Balaban J connectivity index is 3.32. The number of rotatable bonds is 3. The van der Waals surface area contributed by atoms with Gasteiger partial charge in [-0.15, -0.1) is 0 Å². The molecule has 0 saturated carbocycles. The van der Waals surface area contributed by atoms with Gasteiger partial charge in [0.25, 0.3) is 0 Å². The van der Waals surface area contributed by atoms with Crippen LogP contribution in [0.15, 0.2) is 6.07 Å². The Kier molecular flexibility index (Phi) is 4.15. The molecule has 96 valence electrons. The summed E-state index contributed by atoms with van der Waals surface area (Å²) in [6, 6.07) is 1.82. The predicted octanol–water partition coefficient (Wildman–Crippen LogP) is 3.70. The molecule has 1 unspecified atom stereocenters. The standard InChI is InChI=1S/C13H21ClN2O/c1-7-13(5,17-6)11-15-9(12(2,3)4)8-10(14)16-11/h8H,7H2,1-6H3. The molecule has 0 aliphatic carbocycles. The number of nitrogens with zero attached hydrogens (tertiary/aromatic N) is 2. The number of halogens is 1. The Labute approximate surface area is 109 Å². The van der Waals surface area contributed by atoms with E-state index in [1.165, 1.54) is 0 Å². The quantitative estimate of drug-likeness (QED) is 0.774. The first kappa shape index (κ1) is 14.4. The fraction of sp³-hybridized carbons (Fsp3) is 0.692. The zero-order valence-electron chi connectivity index (χ0n) is 11.5. The molecule has 1 rings (SSSR count). The molecular weight excluding hydrogens is 236 g/mol. The number of ether oxygens (including phenoxy) is 1. The van der Waals surface area contributed by atoms with Crippen molar-refractivity contribution in [3.8, 4) is 0 Å². The van der Waals surface area contributed by atoms with Crippen LogP contribution in [0.5, 0.6) is 0 Å². The van der Waals surface area contributed by atoms with E-state index < -0.39 is 5.60 Å². The first-order chi connectivity index (χ1) is 7.73. The molecule has 1 atom stereocenters. The predicted molar refractivity (Wildman–Crippen MR) is 70.4 cm³/mol. The van der Waals surface area contributed by atoms with Gasteiger partial charge in [0, 0.05) is 12.5 Å². The van der Waals surface area contributed by atoms with Crippen LogP contribution in [0.2, 0.25) is 5.15 Å². The zero-order chi connectivity index (χ0) is 13.3. The van der Waals surface area contributed by atoms with E-state index in [0.29, 0.717) is 11.0 Å². The van der Waals surface area contributed by atoms with Gasteiger partial charge in [0.05, 0.1) is 5.69 Å². The molecule has 3 nitrogen and oxygen atoms in total. The number of methoxy groups -OCH3 is 1. The Morgan fingerprint density at radius 3 is 2.24 bits per heavy atom. The van der Waals surface area contributed by atoms with E-state index in [4.69, 9.17) is 16.3 Å². The third kappa shape index (κ3) is 3.17. The molecule has 0 aromatic carbocycles. The second kappa shape index (κ2) is 4.91. The lowest BCUT2D eigenvalue weighted by Gasteiger charge is -2.27. The van der Waals surface area contributed by atoms with Gasteiger partial charge in [-0.05, 0) is 19.4 Å². The van der Waals surface area contributed by atoms with Crippen LogP contribution < -0.4 is 0 Å². The SMILES string of the molecule is CCC(C)(OC)c1nc(Cl)cc(C(C)(C)C)n1. The zero-order valence-corrected chi connectivity index (χ0v) is 12.2. The molecule has 0 saturated heterocycles. The van der Waals surface area contributed by atoms with E-state index in [0.717, 1.165) is 12.1 Å². The van der Waals surface area contributed by atoms with Crippen LogP contribution in [-0.2, 0) is 15.8 Å². The summed E-state index contributed by atoms with van der Waals surface area (Å²) < 4.78 is 5.51. The molecule has 0 spiro atoms. The molecule has 0 radical (unpaired) electrons. The van der Waals surface area contributed by atoms with Crippen molar-refractivity contribution in [1.82, 2.24) is 9.97 Å². The average Bonchev–Trinajstić information content (AvgIpc) is 2.26. The summed E-state index contributed by atoms with van der Waals surface area (Å²) in [7, 11) is 1.67. The third-order valence-electron chi connectivity index (χ3n) is 3.06. The molecule has 17 heavy (non-hydrogen) atoms. The topological polar surface area (TPSA) is 35.0 Å². The van der Waals surface area contributed by atoms with E-state index >= 15 is 0 Å². The molecule has 0 aliphatic heterocycles. The smallest absolute Gasteiger partial charge is 0.161 e. The van der Waals surface area contributed by atoms with Crippen molar-refractivity contribution in [2.75, 3.05) is 7.11 Å². The highest BCUT2D eigenvalue weighted by Crippen LogP contribution is 2.29. The monoisotopic (exact) mass is 256 g/mol. The summed E-state index contributed by atoms with van der Waals surface area (Å²) >= 11 is 6.07. The van der Waals surface area contributed by atoms with Crippen molar-refractivity contribution >= 4 is 11.6 Å². The Morgan fingerprint density at radius 1 is 1.24 bits per heavy atom. The fourth-order valence-corrected chi connectivity index (χ4v) is 1.62. The molecule has 1 aromatic rings. The minimum absolute atomic E-state index is 0.0519. The summed E-state index contributed by atoms with van der Waals surface area (Å²) in [6.07, 6.45) is 0.799. The Hall–Kier alpha value is -0.670. The lowest BCUT2D eigenvalue weighted by molar-refractivity contribution is -0.00927. The largest absolute Gasteiger partial charge is 0.371 e. The maximum Gasteiger partial charge on any atom is 0.161 e. The summed E-state index contributed by atoms with van der Waals surface area (Å²) in [5.74, 6) is 0.653. The Morgan fingerprint density at radius 2 is 1.82 bits per heavy atom. The molecule has 0 amide bonds. The van der Waals surface area contributed by atoms with Crippen molar-refractivity contribution in [3.05, 3.63) is 22.7 Å². The minimum atomic E-state index is -0.481. The van der Waals surface area contributed by atoms with Gasteiger partial charge < -0.3 is 4.74 Å².